The van der Waals surface area contributed by atoms with Crippen LogP contribution >= 0.6 is 0 Å². The molecule has 0 atom stereocenters. The van der Waals surface area contributed by atoms with E-state index in [9.17, 15) is 4.79 Å². The van der Waals surface area contributed by atoms with Gasteiger partial charge in [-0.1, -0.05) is 18.2 Å². The zero-order chi connectivity index (χ0) is 11.4. The number of para-hydroxylation sites is 1. The molecule has 2 aromatic rings. The second-order valence-electron chi connectivity index (χ2n) is 3.42. The molecular weight excluding hydrogens is 204 g/mol. The minimum absolute atomic E-state index is 0.0778. The van der Waals surface area contributed by atoms with Gasteiger partial charge in [-0.3, -0.25) is 4.79 Å². The third-order valence-electron chi connectivity index (χ3n) is 2.13. The summed E-state index contributed by atoms with van der Waals surface area (Å²) in [6.07, 6.45) is 0. The van der Waals surface area contributed by atoms with E-state index < -0.39 is 0 Å². The highest BCUT2D eigenvalue weighted by molar-refractivity contribution is 5.91. The summed E-state index contributed by atoms with van der Waals surface area (Å²) in [5.74, 6) is 1.72. The molecule has 0 aliphatic rings. The van der Waals surface area contributed by atoms with Gasteiger partial charge < -0.3 is 9.15 Å². The zero-order valence-electron chi connectivity index (χ0n) is 8.97. The van der Waals surface area contributed by atoms with Crippen LogP contribution in [0.25, 0.3) is 0 Å². The van der Waals surface area contributed by atoms with Crippen molar-refractivity contribution in [3.8, 4) is 5.75 Å². The van der Waals surface area contributed by atoms with Gasteiger partial charge in [-0.15, -0.1) is 0 Å². The van der Waals surface area contributed by atoms with Crippen molar-refractivity contribution in [2.45, 2.75) is 13.5 Å². The van der Waals surface area contributed by atoms with Crippen LogP contribution in [0.1, 0.15) is 23.2 Å². The Morgan fingerprint density at radius 1 is 1.19 bits per heavy atom. The van der Waals surface area contributed by atoms with E-state index in [-0.39, 0.29) is 5.78 Å². The first-order chi connectivity index (χ1) is 7.75. The summed E-state index contributed by atoms with van der Waals surface area (Å²) >= 11 is 0. The van der Waals surface area contributed by atoms with Crippen LogP contribution < -0.4 is 4.74 Å². The smallest absolute Gasteiger partial charge is 0.194 e. The van der Waals surface area contributed by atoms with E-state index in [0.717, 1.165) is 5.75 Å². The van der Waals surface area contributed by atoms with Gasteiger partial charge in [-0.2, -0.15) is 0 Å². The Labute approximate surface area is 93.7 Å². The molecule has 16 heavy (non-hydrogen) atoms. The van der Waals surface area contributed by atoms with E-state index in [2.05, 4.69) is 0 Å². The first kappa shape index (κ1) is 10.5. The van der Waals surface area contributed by atoms with E-state index in [1.807, 2.05) is 30.3 Å². The lowest BCUT2D eigenvalue weighted by atomic mass is 10.3. The zero-order valence-corrected chi connectivity index (χ0v) is 8.97. The molecule has 3 nitrogen and oxygen atoms in total. The molecule has 1 aromatic carbocycles. The largest absolute Gasteiger partial charge is 0.486 e. The molecule has 1 aromatic heterocycles. The molecule has 3 heteroatoms. The number of carbonyl (C=O) groups excluding carboxylic acids is 1. The molecule has 0 spiro atoms. The summed E-state index contributed by atoms with van der Waals surface area (Å²) in [6.45, 7) is 1.80. The van der Waals surface area contributed by atoms with Crippen molar-refractivity contribution in [2.75, 3.05) is 0 Å². The molecule has 0 unspecified atom stereocenters. The van der Waals surface area contributed by atoms with Crippen LogP contribution in [-0.4, -0.2) is 5.78 Å². The number of rotatable bonds is 4. The van der Waals surface area contributed by atoms with E-state index in [1.165, 1.54) is 6.92 Å². The lowest BCUT2D eigenvalue weighted by Crippen LogP contribution is -1.93. The van der Waals surface area contributed by atoms with Crippen molar-refractivity contribution >= 4 is 5.78 Å². The maximum Gasteiger partial charge on any atom is 0.194 e. The number of hydrogen-bond donors (Lipinski definition) is 0. The summed E-state index contributed by atoms with van der Waals surface area (Å²) in [5, 5.41) is 0. The number of hydrogen-bond acceptors (Lipinski definition) is 3. The maximum absolute atomic E-state index is 11.0. The monoisotopic (exact) mass is 216 g/mol. The van der Waals surface area contributed by atoms with Gasteiger partial charge in [0.15, 0.2) is 11.5 Å². The minimum Gasteiger partial charge on any atom is -0.486 e. The molecule has 0 radical (unpaired) electrons. The average Bonchev–Trinajstić information content (AvgIpc) is 2.76. The van der Waals surface area contributed by atoms with Crippen LogP contribution in [0.2, 0.25) is 0 Å². The van der Waals surface area contributed by atoms with Gasteiger partial charge in [0.2, 0.25) is 0 Å². The van der Waals surface area contributed by atoms with Crippen LogP contribution in [0.4, 0.5) is 0 Å². The van der Waals surface area contributed by atoms with E-state index >= 15 is 0 Å². The summed E-state index contributed by atoms with van der Waals surface area (Å²) in [6, 6.07) is 12.9. The molecule has 2 rings (SSSR count). The summed E-state index contributed by atoms with van der Waals surface area (Å²) in [5.41, 5.74) is 0. The average molecular weight is 216 g/mol. The van der Waals surface area contributed by atoms with Crippen molar-refractivity contribution in [3.63, 3.8) is 0 Å². The van der Waals surface area contributed by atoms with Crippen molar-refractivity contribution in [1.82, 2.24) is 0 Å². The fourth-order valence-corrected chi connectivity index (χ4v) is 1.32. The Kier molecular flexibility index (Phi) is 3.05. The fraction of sp³-hybridized carbons (Fsp3) is 0.154. The van der Waals surface area contributed by atoms with E-state index in [0.29, 0.717) is 18.1 Å². The lowest BCUT2D eigenvalue weighted by Gasteiger charge is -2.02. The molecule has 0 bridgehead atoms. The second kappa shape index (κ2) is 4.66. The van der Waals surface area contributed by atoms with Crippen LogP contribution in [-0.2, 0) is 6.61 Å². The van der Waals surface area contributed by atoms with Crippen LogP contribution in [0.3, 0.4) is 0 Å². The summed E-state index contributed by atoms with van der Waals surface area (Å²) in [7, 11) is 0. The van der Waals surface area contributed by atoms with Crippen LogP contribution in [0, 0.1) is 0 Å². The molecule has 0 aliphatic heterocycles. The Morgan fingerprint density at radius 3 is 2.56 bits per heavy atom. The van der Waals surface area contributed by atoms with Gasteiger partial charge in [-0.05, 0) is 24.3 Å². The third-order valence-corrected chi connectivity index (χ3v) is 2.13. The lowest BCUT2D eigenvalue weighted by molar-refractivity contribution is 0.0983. The van der Waals surface area contributed by atoms with Crippen molar-refractivity contribution in [1.29, 1.82) is 0 Å². The predicted octanol–water partition coefficient (Wildman–Crippen LogP) is 3.06. The predicted molar refractivity (Wildman–Crippen MR) is 59.5 cm³/mol. The number of ether oxygens (including phenoxy) is 1. The molecule has 0 N–H and O–H groups in total. The van der Waals surface area contributed by atoms with Crippen molar-refractivity contribution in [3.05, 3.63) is 54.0 Å². The number of benzene rings is 1. The van der Waals surface area contributed by atoms with Crippen LogP contribution in [0.15, 0.2) is 46.9 Å². The molecule has 0 saturated heterocycles. The van der Waals surface area contributed by atoms with E-state index in [4.69, 9.17) is 9.15 Å². The molecule has 0 fully saturated rings. The van der Waals surface area contributed by atoms with Gasteiger partial charge in [-0.25, -0.2) is 0 Å². The maximum atomic E-state index is 11.0. The highest BCUT2D eigenvalue weighted by Crippen LogP contribution is 2.13. The second-order valence-corrected chi connectivity index (χ2v) is 3.42. The summed E-state index contributed by atoms with van der Waals surface area (Å²) in [4.78, 5) is 11.0. The van der Waals surface area contributed by atoms with Crippen LogP contribution in [0.5, 0.6) is 5.75 Å². The standard InChI is InChI=1S/C13H12O3/c1-10(14)13-8-7-12(16-13)9-15-11-5-3-2-4-6-11/h2-8H,9H2,1H3. The van der Waals surface area contributed by atoms with Gasteiger partial charge >= 0.3 is 0 Å². The highest BCUT2D eigenvalue weighted by Gasteiger charge is 2.06. The molecule has 0 aliphatic carbocycles. The third kappa shape index (κ3) is 2.51. The topological polar surface area (TPSA) is 39.4 Å². The fourth-order valence-electron chi connectivity index (χ4n) is 1.32. The molecular formula is C13H12O3. The number of carbonyl (C=O) groups is 1. The SMILES string of the molecule is CC(=O)c1ccc(COc2ccccc2)o1. The minimum atomic E-state index is -0.0778. The van der Waals surface area contributed by atoms with E-state index in [1.54, 1.807) is 12.1 Å². The molecule has 82 valence electrons. The van der Waals surface area contributed by atoms with Crippen molar-refractivity contribution in [2.24, 2.45) is 0 Å². The molecule has 0 saturated carbocycles. The van der Waals surface area contributed by atoms with Gasteiger partial charge in [0.25, 0.3) is 0 Å². The highest BCUT2D eigenvalue weighted by atomic mass is 16.5. The number of Topliss-reactive ketones (excluding diaryl/α,β-unsaturated/α-hetero) is 1. The quantitative estimate of drug-likeness (QED) is 0.737. The Balaban J connectivity index is 1.97. The Morgan fingerprint density at radius 2 is 1.94 bits per heavy atom. The molecule has 1 heterocycles. The Hall–Kier alpha value is -2.03. The Bertz CT molecular complexity index is 471. The first-order valence-electron chi connectivity index (χ1n) is 5.03. The normalized spacial score (nSPS) is 10.1. The summed E-state index contributed by atoms with van der Waals surface area (Å²) < 4.78 is 10.8. The number of ketones is 1. The van der Waals surface area contributed by atoms with Gasteiger partial charge in [0.05, 0.1) is 0 Å². The van der Waals surface area contributed by atoms with Gasteiger partial charge in [0.1, 0.15) is 18.1 Å². The van der Waals surface area contributed by atoms with Gasteiger partial charge in [0, 0.05) is 6.92 Å². The number of furan rings is 1. The first-order valence-corrected chi connectivity index (χ1v) is 5.03. The molecule has 0 amide bonds. The van der Waals surface area contributed by atoms with Crippen molar-refractivity contribution < 1.29 is 13.9 Å².